The number of amides is 1. The number of aliphatic hydroxyl groups excluding tert-OH is 1. The molecule has 1 amide bonds. The quantitative estimate of drug-likeness (QED) is 0.573. The van der Waals surface area contributed by atoms with Crippen molar-refractivity contribution in [1.82, 2.24) is 24.6 Å². The van der Waals surface area contributed by atoms with Crippen LogP contribution >= 0.6 is 0 Å². The molecule has 3 aromatic heterocycles. The van der Waals surface area contributed by atoms with E-state index in [2.05, 4.69) is 27.2 Å². The Morgan fingerprint density at radius 1 is 1.07 bits per heavy atom. The largest absolute Gasteiger partial charge is 0.391 e. The van der Waals surface area contributed by atoms with E-state index in [9.17, 15) is 9.90 Å². The lowest BCUT2D eigenvalue weighted by Crippen LogP contribution is -2.29. The predicted molar refractivity (Wildman–Crippen MR) is 114 cm³/mol. The summed E-state index contributed by atoms with van der Waals surface area (Å²) in [6.07, 6.45) is 9.09. The van der Waals surface area contributed by atoms with Crippen molar-refractivity contribution in [2.24, 2.45) is 7.05 Å². The van der Waals surface area contributed by atoms with E-state index in [4.69, 9.17) is 0 Å². The van der Waals surface area contributed by atoms with E-state index in [-0.39, 0.29) is 5.91 Å². The Kier molecular flexibility index (Phi) is 4.52. The summed E-state index contributed by atoms with van der Waals surface area (Å²) in [7, 11) is 1.90. The Morgan fingerprint density at radius 3 is 2.57 bits per heavy atom. The maximum Gasteiger partial charge on any atom is 0.255 e. The van der Waals surface area contributed by atoms with E-state index >= 15 is 0 Å². The number of hydrogen-bond acceptors (Lipinski definition) is 5. The average Bonchev–Trinajstić information content (AvgIpc) is 3.41. The first kappa shape index (κ1) is 18.4. The Hall–Kier alpha value is -3.58. The molecule has 1 aliphatic rings. The summed E-state index contributed by atoms with van der Waals surface area (Å²) >= 11 is 0. The van der Waals surface area contributed by atoms with Crippen LogP contribution in [0.15, 0.2) is 61.3 Å². The number of carbonyl (C=O) groups is 1. The van der Waals surface area contributed by atoms with Crippen LogP contribution in [0, 0.1) is 0 Å². The number of likely N-dealkylation sites (tertiary alicyclic amines) is 1. The van der Waals surface area contributed by atoms with Gasteiger partial charge in [-0.25, -0.2) is 0 Å². The van der Waals surface area contributed by atoms with Crippen molar-refractivity contribution >= 4 is 16.8 Å². The zero-order chi connectivity index (χ0) is 20.7. The van der Waals surface area contributed by atoms with Crippen LogP contribution in [0.3, 0.4) is 0 Å². The number of β-amino-alcohol motifs (C(OH)–C–C–N with tert-alkyl or cyclic N) is 1. The number of fused-ring (bicyclic) bond motifs is 1. The van der Waals surface area contributed by atoms with Crippen molar-refractivity contribution in [2.75, 3.05) is 13.1 Å². The molecule has 4 heterocycles. The van der Waals surface area contributed by atoms with Crippen molar-refractivity contribution < 1.29 is 9.90 Å². The zero-order valence-corrected chi connectivity index (χ0v) is 16.6. The molecule has 7 heteroatoms. The summed E-state index contributed by atoms with van der Waals surface area (Å²) in [6.45, 7) is 0.937. The number of nitrogens with zero attached hydrogens (tertiary/aromatic N) is 5. The maximum absolute atomic E-state index is 12.8. The zero-order valence-electron chi connectivity index (χ0n) is 16.6. The minimum absolute atomic E-state index is 0.101. The molecule has 1 aromatic carbocycles. The summed E-state index contributed by atoms with van der Waals surface area (Å²) in [5, 5.41) is 14.8. The van der Waals surface area contributed by atoms with Crippen LogP contribution in [-0.2, 0) is 7.05 Å². The molecule has 30 heavy (non-hydrogen) atoms. The SMILES string of the molecule is Cn1cc(-c2ccc(-c3cncc4ncc(C(=O)N5CCC(O)C5)cc34)cc2)cn1. The van der Waals surface area contributed by atoms with Gasteiger partial charge in [-0.15, -0.1) is 0 Å². The maximum atomic E-state index is 12.8. The van der Waals surface area contributed by atoms with Crippen LogP contribution in [0.1, 0.15) is 16.8 Å². The van der Waals surface area contributed by atoms with Crippen LogP contribution in [0.4, 0.5) is 0 Å². The van der Waals surface area contributed by atoms with Gasteiger partial charge in [0.15, 0.2) is 0 Å². The van der Waals surface area contributed by atoms with E-state index in [1.165, 1.54) is 0 Å². The molecule has 7 nitrogen and oxygen atoms in total. The van der Waals surface area contributed by atoms with Crippen LogP contribution in [0.5, 0.6) is 0 Å². The number of rotatable bonds is 3. The molecule has 0 spiro atoms. The van der Waals surface area contributed by atoms with Crippen molar-refractivity contribution in [3.63, 3.8) is 0 Å². The molecule has 0 saturated carbocycles. The molecule has 1 atom stereocenters. The van der Waals surface area contributed by atoms with Gasteiger partial charge in [-0.1, -0.05) is 24.3 Å². The van der Waals surface area contributed by atoms with Gasteiger partial charge in [-0.05, 0) is 23.6 Å². The van der Waals surface area contributed by atoms with Crippen molar-refractivity contribution in [3.8, 4) is 22.3 Å². The highest BCUT2D eigenvalue weighted by Gasteiger charge is 2.26. The Labute approximate surface area is 173 Å². The number of pyridine rings is 2. The van der Waals surface area contributed by atoms with Gasteiger partial charge in [-0.3, -0.25) is 19.4 Å². The third-order valence-corrected chi connectivity index (χ3v) is 5.54. The van der Waals surface area contributed by atoms with Gasteiger partial charge in [0.05, 0.1) is 29.6 Å². The number of hydrogen-bond donors (Lipinski definition) is 1. The summed E-state index contributed by atoms with van der Waals surface area (Å²) in [5.74, 6) is -0.101. The van der Waals surface area contributed by atoms with E-state index in [0.717, 1.165) is 33.2 Å². The molecule has 1 aliphatic heterocycles. The van der Waals surface area contributed by atoms with E-state index in [1.54, 1.807) is 28.2 Å². The van der Waals surface area contributed by atoms with Crippen LogP contribution in [-0.4, -0.2) is 54.9 Å². The van der Waals surface area contributed by atoms with Gasteiger partial charge in [0.25, 0.3) is 5.91 Å². The number of aryl methyl sites for hydroxylation is 1. The summed E-state index contributed by atoms with van der Waals surface area (Å²) in [6, 6.07) is 10.1. The third kappa shape index (κ3) is 3.33. The lowest BCUT2D eigenvalue weighted by molar-refractivity contribution is 0.0765. The fraction of sp³-hybridized carbons (Fsp3) is 0.217. The van der Waals surface area contributed by atoms with Gasteiger partial charge < -0.3 is 10.0 Å². The Bertz CT molecular complexity index is 1230. The molecular weight excluding hydrogens is 378 g/mol. The van der Waals surface area contributed by atoms with E-state index in [0.29, 0.717) is 25.1 Å². The second kappa shape index (κ2) is 7.35. The number of aliphatic hydroxyl groups is 1. The smallest absolute Gasteiger partial charge is 0.255 e. The highest BCUT2D eigenvalue weighted by atomic mass is 16.3. The van der Waals surface area contributed by atoms with Crippen LogP contribution in [0.2, 0.25) is 0 Å². The van der Waals surface area contributed by atoms with Gasteiger partial charge in [0.2, 0.25) is 0 Å². The van der Waals surface area contributed by atoms with Crippen molar-refractivity contribution in [3.05, 3.63) is 66.9 Å². The lowest BCUT2D eigenvalue weighted by atomic mass is 9.99. The molecule has 0 radical (unpaired) electrons. The summed E-state index contributed by atoms with van der Waals surface area (Å²) in [5.41, 5.74) is 5.33. The molecule has 1 N–H and O–H groups in total. The Morgan fingerprint density at radius 2 is 1.87 bits per heavy atom. The van der Waals surface area contributed by atoms with Gasteiger partial charge in [-0.2, -0.15) is 5.10 Å². The first-order chi connectivity index (χ1) is 14.6. The molecule has 5 rings (SSSR count). The highest BCUT2D eigenvalue weighted by molar-refractivity contribution is 6.01. The molecule has 150 valence electrons. The van der Waals surface area contributed by atoms with Crippen LogP contribution < -0.4 is 0 Å². The molecule has 1 fully saturated rings. The predicted octanol–water partition coefficient (Wildman–Crippen LogP) is 2.90. The normalized spacial score (nSPS) is 16.3. The minimum Gasteiger partial charge on any atom is -0.391 e. The number of carbonyl (C=O) groups excluding carboxylic acids is 1. The standard InChI is InChI=1S/C23H21N5O2/c1-27-13-18(10-26-27)15-2-4-16(5-3-15)21-11-24-12-22-20(21)8-17(9-25-22)23(30)28-7-6-19(29)14-28/h2-5,8-13,19,29H,6-7,14H2,1H3. The highest BCUT2D eigenvalue weighted by Crippen LogP contribution is 2.30. The van der Waals surface area contributed by atoms with Crippen molar-refractivity contribution in [2.45, 2.75) is 12.5 Å². The van der Waals surface area contributed by atoms with Crippen molar-refractivity contribution in [1.29, 1.82) is 0 Å². The fourth-order valence-corrected chi connectivity index (χ4v) is 3.91. The summed E-state index contributed by atoms with van der Waals surface area (Å²) in [4.78, 5) is 23.3. The second-order valence-electron chi connectivity index (χ2n) is 7.65. The molecule has 1 unspecified atom stereocenters. The number of benzene rings is 1. The van der Waals surface area contributed by atoms with Gasteiger partial charge >= 0.3 is 0 Å². The molecular formula is C23H21N5O2. The summed E-state index contributed by atoms with van der Waals surface area (Å²) < 4.78 is 1.78. The number of aromatic nitrogens is 4. The molecule has 4 aromatic rings. The van der Waals surface area contributed by atoms with E-state index in [1.807, 2.05) is 37.6 Å². The average molecular weight is 399 g/mol. The monoisotopic (exact) mass is 399 g/mol. The molecule has 0 aliphatic carbocycles. The van der Waals surface area contributed by atoms with Gasteiger partial charge in [0.1, 0.15) is 0 Å². The first-order valence-corrected chi connectivity index (χ1v) is 9.89. The second-order valence-corrected chi connectivity index (χ2v) is 7.65. The first-order valence-electron chi connectivity index (χ1n) is 9.89. The molecule has 1 saturated heterocycles. The minimum atomic E-state index is -0.444. The third-order valence-electron chi connectivity index (χ3n) is 5.54. The Balaban J connectivity index is 1.52. The van der Waals surface area contributed by atoms with Gasteiger partial charge in [0, 0.05) is 55.2 Å². The van der Waals surface area contributed by atoms with E-state index < -0.39 is 6.10 Å². The lowest BCUT2D eigenvalue weighted by Gasteiger charge is -2.16. The van der Waals surface area contributed by atoms with Crippen LogP contribution in [0.25, 0.3) is 33.2 Å². The topological polar surface area (TPSA) is 84.1 Å². The molecule has 0 bridgehead atoms. The fourth-order valence-electron chi connectivity index (χ4n) is 3.91.